The van der Waals surface area contributed by atoms with E-state index in [2.05, 4.69) is 15.6 Å². The number of aliphatic imine (C=N–C) groups is 1. The molecule has 2 atom stereocenters. The van der Waals surface area contributed by atoms with Gasteiger partial charge in [0.1, 0.15) is 11.5 Å². The van der Waals surface area contributed by atoms with E-state index < -0.39 is 12.1 Å². The van der Waals surface area contributed by atoms with E-state index in [-0.39, 0.29) is 55.2 Å². The van der Waals surface area contributed by atoms with Gasteiger partial charge in [0.05, 0.1) is 19.6 Å². The Morgan fingerprint density at radius 2 is 2.07 bits per heavy atom. The molecule has 0 aromatic heterocycles. The predicted octanol–water partition coefficient (Wildman–Crippen LogP) is 4.20. The van der Waals surface area contributed by atoms with Crippen LogP contribution in [0.25, 0.3) is 0 Å². The summed E-state index contributed by atoms with van der Waals surface area (Å²) in [6.45, 7) is 2.67. The predicted molar refractivity (Wildman–Crippen MR) is 110 cm³/mol. The van der Waals surface area contributed by atoms with Gasteiger partial charge in [0.15, 0.2) is 5.96 Å². The first kappa shape index (κ1) is 23.6. The van der Waals surface area contributed by atoms with Crippen LogP contribution in [0, 0.1) is 5.92 Å². The fraction of sp³-hybridized carbons (Fsp3) is 0.611. The second-order valence-corrected chi connectivity index (χ2v) is 6.44. The molecular formula is C18H27F3IN3O2. The van der Waals surface area contributed by atoms with Gasteiger partial charge in [0, 0.05) is 18.2 Å². The highest BCUT2D eigenvalue weighted by molar-refractivity contribution is 14.0. The van der Waals surface area contributed by atoms with Crippen LogP contribution < -0.4 is 15.4 Å². The Morgan fingerprint density at radius 1 is 1.33 bits per heavy atom. The molecule has 1 aromatic rings. The first-order valence-corrected chi connectivity index (χ1v) is 8.81. The van der Waals surface area contributed by atoms with Crippen LogP contribution in [-0.4, -0.2) is 36.9 Å². The van der Waals surface area contributed by atoms with Gasteiger partial charge in [-0.15, -0.1) is 24.0 Å². The maximum absolute atomic E-state index is 13.0. The minimum absolute atomic E-state index is 0. The molecule has 0 amide bonds. The molecule has 0 aliphatic heterocycles. The summed E-state index contributed by atoms with van der Waals surface area (Å²) < 4.78 is 44.0. The third kappa shape index (κ3) is 7.27. The Balaban J connectivity index is 0.00000364. The zero-order chi connectivity index (χ0) is 19.2. The van der Waals surface area contributed by atoms with Crippen LogP contribution in [0.1, 0.15) is 38.2 Å². The fourth-order valence-electron chi connectivity index (χ4n) is 3.11. The lowest BCUT2D eigenvalue weighted by Gasteiger charge is -2.31. The molecule has 154 valence electrons. The number of halogens is 4. The summed E-state index contributed by atoms with van der Waals surface area (Å²) in [4.78, 5) is 4.40. The van der Waals surface area contributed by atoms with Gasteiger partial charge in [-0.05, 0) is 44.4 Å². The van der Waals surface area contributed by atoms with Crippen molar-refractivity contribution in [3.05, 3.63) is 23.8 Å². The lowest BCUT2D eigenvalue weighted by atomic mass is 9.85. The smallest absolute Gasteiger partial charge is 0.391 e. The van der Waals surface area contributed by atoms with Gasteiger partial charge in [-0.3, -0.25) is 0 Å². The van der Waals surface area contributed by atoms with E-state index in [4.69, 9.17) is 4.74 Å². The van der Waals surface area contributed by atoms with Gasteiger partial charge in [-0.25, -0.2) is 4.99 Å². The molecular weight excluding hydrogens is 474 g/mol. The van der Waals surface area contributed by atoms with Gasteiger partial charge < -0.3 is 20.5 Å². The number of guanidine groups is 1. The Labute approximate surface area is 174 Å². The number of alkyl halides is 3. The molecule has 1 saturated carbocycles. The van der Waals surface area contributed by atoms with Gasteiger partial charge in [-0.1, -0.05) is 6.42 Å². The molecule has 5 nitrogen and oxygen atoms in total. The van der Waals surface area contributed by atoms with Crippen molar-refractivity contribution in [2.75, 3.05) is 13.7 Å². The minimum atomic E-state index is -4.15. The highest BCUT2D eigenvalue weighted by Gasteiger charge is 2.42. The molecule has 3 N–H and O–H groups in total. The van der Waals surface area contributed by atoms with E-state index >= 15 is 0 Å². The number of rotatable bonds is 5. The highest BCUT2D eigenvalue weighted by Crippen LogP contribution is 2.37. The van der Waals surface area contributed by atoms with E-state index in [1.807, 2.05) is 6.92 Å². The monoisotopic (exact) mass is 501 g/mol. The Kier molecular flexibility index (Phi) is 9.48. The number of aromatic hydroxyl groups is 1. The van der Waals surface area contributed by atoms with Crippen molar-refractivity contribution in [2.45, 2.75) is 51.4 Å². The van der Waals surface area contributed by atoms with Crippen molar-refractivity contribution in [2.24, 2.45) is 10.9 Å². The number of hydrogen-bond acceptors (Lipinski definition) is 3. The molecule has 0 spiro atoms. The molecule has 0 saturated heterocycles. The van der Waals surface area contributed by atoms with Crippen LogP contribution in [0.3, 0.4) is 0 Å². The summed E-state index contributed by atoms with van der Waals surface area (Å²) >= 11 is 0. The number of phenols is 1. The van der Waals surface area contributed by atoms with Gasteiger partial charge in [0.25, 0.3) is 0 Å². The van der Waals surface area contributed by atoms with Crippen molar-refractivity contribution in [3.8, 4) is 11.5 Å². The van der Waals surface area contributed by atoms with Crippen molar-refractivity contribution >= 4 is 29.9 Å². The number of nitrogens with one attached hydrogen (secondary N) is 2. The summed E-state index contributed by atoms with van der Waals surface area (Å²) in [7, 11) is 1.53. The zero-order valence-corrected chi connectivity index (χ0v) is 17.8. The van der Waals surface area contributed by atoms with Crippen LogP contribution in [-0.2, 0) is 6.54 Å². The van der Waals surface area contributed by atoms with Gasteiger partial charge >= 0.3 is 6.18 Å². The lowest BCUT2D eigenvalue weighted by Crippen LogP contribution is -2.46. The standard InChI is InChI=1S/C18H26F3N3O2.HI/c1-3-22-17(23-11-12-9-15(26-2)7-8-16(12)25)24-14-6-4-5-13(10-14)18(19,20)21;/h7-9,13-14,25H,3-6,10-11H2,1-2H3,(H2,22,23,24);1H. The first-order chi connectivity index (χ1) is 12.3. The molecule has 0 heterocycles. The second-order valence-electron chi connectivity index (χ2n) is 6.44. The van der Waals surface area contributed by atoms with Crippen LogP contribution >= 0.6 is 24.0 Å². The molecule has 0 bridgehead atoms. The molecule has 1 aromatic carbocycles. The third-order valence-corrected chi connectivity index (χ3v) is 4.52. The fourth-order valence-corrected chi connectivity index (χ4v) is 3.11. The van der Waals surface area contributed by atoms with E-state index in [1.54, 1.807) is 12.1 Å². The SMILES string of the molecule is CCNC(=NCc1cc(OC)ccc1O)NC1CCCC(C(F)(F)F)C1.I. The second kappa shape index (κ2) is 10.8. The molecule has 27 heavy (non-hydrogen) atoms. The largest absolute Gasteiger partial charge is 0.508 e. The quantitative estimate of drug-likeness (QED) is 0.322. The Hall–Kier alpha value is -1.39. The first-order valence-electron chi connectivity index (χ1n) is 8.81. The zero-order valence-electron chi connectivity index (χ0n) is 15.5. The molecule has 2 unspecified atom stereocenters. The molecule has 1 fully saturated rings. The number of hydrogen-bond donors (Lipinski definition) is 3. The number of nitrogens with zero attached hydrogens (tertiary/aromatic N) is 1. The summed E-state index contributed by atoms with van der Waals surface area (Å²) in [5, 5.41) is 16.1. The number of methoxy groups -OCH3 is 1. The van der Waals surface area contributed by atoms with Gasteiger partial charge in [0.2, 0.25) is 0 Å². The Morgan fingerprint density at radius 3 is 2.70 bits per heavy atom. The van der Waals surface area contributed by atoms with Crippen molar-refractivity contribution in [3.63, 3.8) is 0 Å². The molecule has 1 aliphatic rings. The molecule has 2 rings (SSSR count). The van der Waals surface area contributed by atoms with E-state index in [0.29, 0.717) is 36.7 Å². The average Bonchev–Trinajstić information content (AvgIpc) is 2.60. The number of benzene rings is 1. The van der Waals surface area contributed by atoms with Crippen LogP contribution in [0.5, 0.6) is 11.5 Å². The van der Waals surface area contributed by atoms with Crippen LogP contribution in [0.4, 0.5) is 13.2 Å². The normalized spacial score (nSPS) is 20.6. The summed E-state index contributed by atoms with van der Waals surface area (Å²) in [6, 6.07) is 4.58. The van der Waals surface area contributed by atoms with Gasteiger partial charge in [-0.2, -0.15) is 13.2 Å². The molecule has 1 aliphatic carbocycles. The highest BCUT2D eigenvalue weighted by atomic mass is 127. The van der Waals surface area contributed by atoms with Crippen molar-refractivity contribution < 1.29 is 23.0 Å². The third-order valence-electron chi connectivity index (χ3n) is 4.52. The van der Waals surface area contributed by atoms with Crippen LogP contribution in [0.2, 0.25) is 0 Å². The number of ether oxygens (including phenoxy) is 1. The Bertz CT molecular complexity index is 626. The van der Waals surface area contributed by atoms with E-state index in [9.17, 15) is 18.3 Å². The maximum Gasteiger partial charge on any atom is 0.391 e. The average molecular weight is 501 g/mol. The maximum atomic E-state index is 13.0. The van der Waals surface area contributed by atoms with Crippen molar-refractivity contribution in [1.82, 2.24) is 10.6 Å². The lowest BCUT2D eigenvalue weighted by molar-refractivity contribution is -0.183. The molecule has 9 heteroatoms. The topological polar surface area (TPSA) is 65.9 Å². The van der Waals surface area contributed by atoms with E-state index in [1.165, 1.54) is 13.2 Å². The van der Waals surface area contributed by atoms with Crippen LogP contribution in [0.15, 0.2) is 23.2 Å². The van der Waals surface area contributed by atoms with Crippen molar-refractivity contribution in [1.29, 1.82) is 0 Å². The summed E-state index contributed by atoms with van der Waals surface area (Å²) in [6.07, 6.45) is -2.69. The summed E-state index contributed by atoms with van der Waals surface area (Å²) in [5.74, 6) is -0.118. The minimum Gasteiger partial charge on any atom is -0.508 e. The van der Waals surface area contributed by atoms with E-state index in [0.717, 1.165) is 0 Å². The number of phenolic OH excluding ortho intramolecular Hbond substituents is 1. The summed E-state index contributed by atoms with van der Waals surface area (Å²) in [5.41, 5.74) is 0.582. The molecule has 0 radical (unpaired) electrons.